The molecule has 22 heavy (non-hydrogen) atoms. The van der Waals surface area contributed by atoms with Crippen molar-refractivity contribution in [3.05, 3.63) is 35.8 Å². The highest BCUT2D eigenvalue weighted by molar-refractivity contribution is 7.98. The molecule has 1 atom stereocenters. The zero-order valence-electron chi connectivity index (χ0n) is 13.4. The van der Waals surface area contributed by atoms with E-state index in [-0.39, 0.29) is 0 Å². The number of aliphatic hydroxyl groups is 1. The van der Waals surface area contributed by atoms with Gasteiger partial charge in [-0.2, -0.15) is 11.8 Å². The van der Waals surface area contributed by atoms with Gasteiger partial charge in [0.05, 0.1) is 5.60 Å². The van der Waals surface area contributed by atoms with Gasteiger partial charge in [-0.05, 0) is 39.2 Å². The highest BCUT2D eigenvalue weighted by Crippen LogP contribution is 2.22. The zero-order chi connectivity index (χ0) is 16.2. The summed E-state index contributed by atoms with van der Waals surface area (Å²) in [6.45, 7) is 6.20. The number of pyridine rings is 1. The standard InChI is InChI=1S/C16H22N4OS/c1-11-12(2)19-15(13-6-5-7-17-8-13)20-14(11)18-9-16(3,21)10-22-4/h5-8,21H,9-10H2,1-4H3,(H,18,19,20). The van der Waals surface area contributed by atoms with E-state index >= 15 is 0 Å². The number of hydrogen-bond donors (Lipinski definition) is 2. The second kappa shape index (κ2) is 7.07. The lowest BCUT2D eigenvalue weighted by Gasteiger charge is -2.23. The van der Waals surface area contributed by atoms with E-state index in [1.165, 1.54) is 0 Å². The van der Waals surface area contributed by atoms with Gasteiger partial charge in [0.1, 0.15) is 5.82 Å². The number of nitrogens with zero attached hydrogens (tertiary/aromatic N) is 3. The van der Waals surface area contributed by atoms with Gasteiger partial charge in [0.15, 0.2) is 5.82 Å². The Morgan fingerprint density at radius 3 is 2.73 bits per heavy atom. The molecular weight excluding hydrogens is 296 g/mol. The van der Waals surface area contributed by atoms with Crippen LogP contribution in [0.25, 0.3) is 11.4 Å². The van der Waals surface area contributed by atoms with Crippen LogP contribution in [0.2, 0.25) is 0 Å². The Labute approximate surface area is 135 Å². The molecule has 1 unspecified atom stereocenters. The van der Waals surface area contributed by atoms with E-state index in [1.807, 2.05) is 39.2 Å². The van der Waals surface area contributed by atoms with Crippen molar-refractivity contribution in [1.82, 2.24) is 15.0 Å². The van der Waals surface area contributed by atoms with E-state index in [4.69, 9.17) is 0 Å². The SMILES string of the molecule is CSCC(C)(O)CNc1nc(-c2cccnc2)nc(C)c1C. The van der Waals surface area contributed by atoms with Crippen LogP contribution in [0.3, 0.4) is 0 Å². The van der Waals surface area contributed by atoms with Gasteiger partial charge >= 0.3 is 0 Å². The van der Waals surface area contributed by atoms with Crippen molar-refractivity contribution in [3.63, 3.8) is 0 Å². The van der Waals surface area contributed by atoms with Crippen molar-refractivity contribution in [1.29, 1.82) is 0 Å². The second-order valence-electron chi connectivity index (χ2n) is 5.63. The molecule has 2 N–H and O–H groups in total. The molecule has 0 aliphatic rings. The first-order valence-electron chi connectivity index (χ1n) is 7.14. The van der Waals surface area contributed by atoms with E-state index in [9.17, 15) is 5.11 Å². The van der Waals surface area contributed by atoms with Gasteiger partial charge in [-0.15, -0.1) is 0 Å². The average molecular weight is 318 g/mol. The molecule has 118 valence electrons. The second-order valence-corrected chi connectivity index (χ2v) is 6.50. The number of rotatable bonds is 6. The molecule has 2 aromatic rings. The predicted octanol–water partition coefficient (Wildman–Crippen LogP) is 2.68. The van der Waals surface area contributed by atoms with E-state index in [2.05, 4.69) is 20.3 Å². The van der Waals surface area contributed by atoms with Crippen LogP contribution in [0, 0.1) is 13.8 Å². The molecule has 6 heteroatoms. The van der Waals surface area contributed by atoms with Crippen LogP contribution in [0.5, 0.6) is 0 Å². The van der Waals surface area contributed by atoms with Crippen LogP contribution in [0.4, 0.5) is 5.82 Å². The number of anilines is 1. The van der Waals surface area contributed by atoms with E-state index in [1.54, 1.807) is 24.2 Å². The van der Waals surface area contributed by atoms with Crippen molar-refractivity contribution >= 4 is 17.6 Å². The Bertz CT molecular complexity index is 632. The van der Waals surface area contributed by atoms with Gasteiger partial charge in [-0.1, -0.05) is 0 Å². The van der Waals surface area contributed by atoms with Gasteiger partial charge in [0, 0.05) is 41.5 Å². The Balaban J connectivity index is 2.26. The minimum absolute atomic E-state index is 0.442. The zero-order valence-corrected chi connectivity index (χ0v) is 14.2. The first kappa shape index (κ1) is 16.7. The maximum absolute atomic E-state index is 10.3. The summed E-state index contributed by atoms with van der Waals surface area (Å²) in [4.78, 5) is 13.2. The Hall–Kier alpha value is -1.66. The fraction of sp³-hybridized carbons (Fsp3) is 0.438. The number of hydrogen-bond acceptors (Lipinski definition) is 6. The summed E-state index contributed by atoms with van der Waals surface area (Å²) in [6, 6.07) is 3.80. The van der Waals surface area contributed by atoms with Crippen LogP contribution in [-0.2, 0) is 0 Å². The molecule has 0 bridgehead atoms. The average Bonchev–Trinajstić information content (AvgIpc) is 2.49. The molecule has 0 amide bonds. The van der Waals surface area contributed by atoms with Gasteiger partial charge in [-0.25, -0.2) is 9.97 Å². The molecule has 0 aromatic carbocycles. The highest BCUT2D eigenvalue weighted by Gasteiger charge is 2.20. The summed E-state index contributed by atoms with van der Waals surface area (Å²) in [5.74, 6) is 2.06. The van der Waals surface area contributed by atoms with E-state index in [0.29, 0.717) is 18.1 Å². The van der Waals surface area contributed by atoms with Crippen molar-refractivity contribution in [2.24, 2.45) is 0 Å². The maximum atomic E-state index is 10.3. The number of aryl methyl sites for hydroxylation is 1. The van der Waals surface area contributed by atoms with Crippen molar-refractivity contribution in [3.8, 4) is 11.4 Å². The highest BCUT2D eigenvalue weighted by atomic mass is 32.2. The molecule has 5 nitrogen and oxygen atoms in total. The van der Waals surface area contributed by atoms with Crippen LogP contribution < -0.4 is 5.32 Å². The van der Waals surface area contributed by atoms with Gasteiger partial charge in [0.2, 0.25) is 0 Å². The smallest absolute Gasteiger partial charge is 0.163 e. The summed E-state index contributed by atoms with van der Waals surface area (Å²) < 4.78 is 0. The van der Waals surface area contributed by atoms with Crippen molar-refractivity contribution in [2.45, 2.75) is 26.4 Å². The third-order valence-electron chi connectivity index (χ3n) is 3.40. The minimum Gasteiger partial charge on any atom is -0.387 e. The lowest BCUT2D eigenvalue weighted by Crippen LogP contribution is -2.36. The number of nitrogens with one attached hydrogen (secondary N) is 1. The van der Waals surface area contributed by atoms with Gasteiger partial charge in [-0.3, -0.25) is 4.98 Å². The van der Waals surface area contributed by atoms with Gasteiger partial charge < -0.3 is 10.4 Å². The molecule has 0 saturated carbocycles. The fourth-order valence-electron chi connectivity index (χ4n) is 2.06. The van der Waals surface area contributed by atoms with E-state index < -0.39 is 5.60 Å². The minimum atomic E-state index is -0.779. The molecular formula is C16H22N4OS. The Morgan fingerprint density at radius 2 is 2.09 bits per heavy atom. The lowest BCUT2D eigenvalue weighted by atomic mass is 10.1. The first-order valence-corrected chi connectivity index (χ1v) is 8.53. The van der Waals surface area contributed by atoms with Crippen LogP contribution >= 0.6 is 11.8 Å². The molecule has 0 fully saturated rings. The van der Waals surface area contributed by atoms with Crippen molar-refractivity contribution < 1.29 is 5.11 Å². The molecule has 2 aromatic heterocycles. The molecule has 2 rings (SSSR count). The molecule has 2 heterocycles. The normalized spacial score (nSPS) is 13.7. The fourth-order valence-corrected chi connectivity index (χ4v) is 2.79. The lowest BCUT2D eigenvalue weighted by molar-refractivity contribution is 0.0996. The summed E-state index contributed by atoms with van der Waals surface area (Å²) >= 11 is 1.62. The summed E-state index contributed by atoms with van der Waals surface area (Å²) in [6.07, 6.45) is 5.45. The van der Waals surface area contributed by atoms with Crippen LogP contribution in [-0.4, -0.2) is 44.2 Å². The maximum Gasteiger partial charge on any atom is 0.163 e. The Kier molecular flexibility index (Phi) is 5.37. The molecule has 0 radical (unpaired) electrons. The first-order chi connectivity index (χ1) is 10.4. The third-order valence-corrected chi connectivity index (χ3v) is 4.31. The van der Waals surface area contributed by atoms with Crippen LogP contribution in [0.1, 0.15) is 18.2 Å². The van der Waals surface area contributed by atoms with Crippen LogP contribution in [0.15, 0.2) is 24.5 Å². The Morgan fingerprint density at radius 1 is 1.32 bits per heavy atom. The largest absolute Gasteiger partial charge is 0.387 e. The monoisotopic (exact) mass is 318 g/mol. The molecule has 0 saturated heterocycles. The summed E-state index contributed by atoms with van der Waals surface area (Å²) in [7, 11) is 0. The van der Waals surface area contributed by atoms with Gasteiger partial charge in [0.25, 0.3) is 0 Å². The predicted molar refractivity (Wildman–Crippen MR) is 92.2 cm³/mol. The quantitative estimate of drug-likeness (QED) is 0.853. The molecule has 0 spiro atoms. The summed E-state index contributed by atoms with van der Waals surface area (Å²) in [5, 5.41) is 13.5. The summed E-state index contributed by atoms with van der Waals surface area (Å²) in [5.41, 5.74) is 2.01. The number of aromatic nitrogens is 3. The molecule has 0 aliphatic carbocycles. The molecule has 0 aliphatic heterocycles. The number of thioether (sulfide) groups is 1. The third kappa shape index (κ3) is 4.18. The topological polar surface area (TPSA) is 70.9 Å². The van der Waals surface area contributed by atoms with Crippen molar-refractivity contribution in [2.75, 3.05) is 23.9 Å². The van der Waals surface area contributed by atoms with E-state index in [0.717, 1.165) is 22.6 Å².